The Morgan fingerprint density at radius 3 is 2.43 bits per heavy atom. The van der Waals surface area contributed by atoms with Crippen molar-refractivity contribution in [2.75, 3.05) is 27.4 Å². The summed E-state index contributed by atoms with van der Waals surface area (Å²) in [5.74, 6) is 3.03. The molecule has 7 nitrogen and oxygen atoms in total. The Balaban J connectivity index is 1.33. The quantitative estimate of drug-likeness (QED) is 0.297. The number of para-hydroxylation sites is 3. The Kier molecular flexibility index (Phi) is 8.22. The highest BCUT2D eigenvalue weighted by atomic mass is 16.5. The summed E-state index contributed by atoms with van der Waals surface area (Å²) in [6.07, 6.45) is 2.51. The van der Waals surface area contributed by atoms with Crippen LogP contribution in [0.25, 0.3) is 11.0 Å². The minimum absolute atomic E-state index is 0.152. The summed E-state index contributed by atoms with van der Waals surface area (Å²) in [6, 6.07) is 23.0. The molecule has 0 aliphatic carbocycles. The number of fused-ring (bicyclic) bond motifs is 1. The maximum atomic E-state index is 12.6. The number of hydrogen-bond acceptors (Lipinski definition) is 5. The van der Waals surface area contributed by atoms with Gasteiger partial charge in [0.05, 0.1) is 37.4 Å². The summed E-state index contributed by atoms with van der Waals surface area (Å²) in [6.45, 7) is 1.96. The maximum absolute atomic E-state index is 12.6. The van der Waals surface area contributed by atoms with Crippen LogP contribution >= 0.6 is 0 Å². The molecule has 0 spiro atoms. The fourth-order valence-corrected chi connectivity index (χ4v) is 4.01. The van der Waals surface area contributed by atoms with E-state index in [9.17, 15) is 4.79 Å². The average molecular weight is 474 g/mol. The van der Waals surface area contributed by atoms with Crippen molar-refractivity contribution in [1.82, 2.24) is 14.9 Å². The molecule has 0 saturated carbocycles. The fraction of sp³-hybridized carbons (Fsp3) is 0.286. The van der Waals surface area contributed by atoms with E-state index >= 15 is 0 Å². The molecule has 0 atom stereocenters. The van der Waals surface area contributed by atoms with Crippen LogP contribution in [0.1, 0.15) is 29.0 Å². The minimum atomic E-state index is -0.152. The van der Waals surface area contributed by atoms with E-state index in [0.29, 0.717) is 30.9 Å². The van der Waals surface area contributed by atoms with Crippen molar-refractivity contribution in [3.05, 3.63) is 84.2 Å². The first-order valence-electron chi connectivity index (χ1n) is 11.8. The number of carbonyl (C=O) groups excluding carboxylic acids is 1. The predicted molar refractivity (Wildman–Crippen MR) is 136 cm³/mol. The zero-order valence-corrected chi connectivity index (χ0v) is 20.2. The number of ether oxygens (including phenoxy) is 3. The molecule has 1 heterocycles. The average Bonchev–Trinajstić information content (AvgIpc) is 3.26. The molecule has 0 aliphatic heterocycles. The second-order valence-corrected chi connectivity index (χ2v) is 8.11. The normalized spacial score (nSPS) is 10.8. The number of imidazole rings is 1. The van der Waals surface area contributed by atoms with Crippen LogP contribution in [0, 0.1) is 0 Å². The summed E-state index contributed by atoms with van der Waals surface area (Å²) in [4.78, 5) is 17.5. The minimum Gasteiger partial charge on any atom is -0.497 e. The van der Waals surface area contributed by atoms with Crippen molar-refractivity contribution in [2.24, 2.45) is 0 Å². The predicted octanol–water partition coefficient (Wildman–Crippen LogP) is 4.89. The number of nitrogens with one attached hydrogen (secondary N) is 1. The van der Waals surface area contributed by atoms with E-state index in [1.54, 1.807) is 26.4 Å². The van der Waals surface area contributed by atoms with E-state index in [0.717, 1.165) is 47.7 Å². The van der Waals surface area contributed by atoms with Gasteiger partial charge >= 0.3 is 0 Å². The van der Waals surface area contributed by atoms with Crippen molar-refractivity contribution in [1.29, 1.82) is 0 Å². The smallest absolute Gasteiger partial charge is 0.255 e. The molecular formula is C28H31N3O4. The fourth-order valence-electron chi connectivity index (χ4n) is 4.01. The molecule has 4 rings (SSSR count). The van der Waals surface area contributed by atoms with Crippen LogP contribution in [-0.4, -0.2) is 42.8 Å². The lowest BCUT2D eigenvalue weighted by molar-refractivity contribution is 0.0951. The number of unbranched alkanes of at least 4 members (excludes halogenated alkanes) is 1. The second-order valence-electron chi connectivity index (χ2n) is 8.11. The summed E-state index contributed by atoms with van der Waals surface area (Å²) < 4.78 is 18.6. The van der Waals surface area contributed by atoms with Crippen LogP contribution < -0.4 is 19.5 Å². The highest BCUT2D eigenvalue weighted by Crippen LogP contribution is 2.20. The van der Waals surface area contributed by atoms with Crippen molar-refractivity contribution >= 4 is 16.9 Å². The van der Waals surface area contributed by atoms with Gasteiger partial charge in [-0.05, 0) is 61.4 Å². The Labute approximate surface area is 205 Å². The number of benzene rings is 3. The van der Waals surface area contributed by atoms with Gasteiger partial charge in [-0.15, -0.1) is 0 Å². The van der Waals surface area contributed by atoms with Gasteiger partial charge in [0.2, 0.25) is 0 Å². The van der Waals surface area contributed by atoms with Crippen LogP contribution in [-0.2, 0) is 13.0 Å². The van der Waals surface area contributed by atoms with Crippen molar-refractivity contribution in [3.63, 3.8) is 0 Å². The van der Waals surface area contributed by atoms with Crippen LogP contribution in [0.3, 0.4) is 0 Å². The van der Waals surface area contributed by atoms with Crippen molar-refractivity contribution < 1.29 is 19.0 Å². The molecule has 0 bridgehead atoms. The zero-order valence-electron chi connectivity index (χ0n) is 20.2. The Bertz CT molecular complexity index is 1250. The molecule has 3 aromatic carbocycles. The molecule has 7 heteroatoms. The number of aromatic nitrogens is 2. The topological polar surface area (TPSA) is 74.6 Å². The largest absolute Gasteiger partial charge is 0.497 e. The van der Waals surface area contributed by atoms with E-state index in [4.69, 9.17) is 19.2 Å². The molecule has 1 N–H and O–H groups in total. The number of methoxy groups -OCH3 is 2. The van der Waals surface area contributed by atoms with Gasteiger partial charge in [0, 0.05) is 19.5 Å². The van der Waals surface area contributed by atoms with E-state index < -0.39 is 0 Å². The van der Waals surface area contributed by atoms with Gasteiger partial charge in [-0.3, -0.25) is 4.79 Å². The van der Waals surface area contributed by atoms with Gasteiger partial charge in [0.1, 0.15) is 23.1 Å². The Hall–Kier alpha value is -4.00. The summed E-state index contributed by atoms with van der Waals surface area (Å²) >= 11 is 0. The molecule has 0 radical (unpaired) electrons. The highest BCUT2D eigenvalue weighted by molar-refractivity contribution is 5.96. The number of hydrogen-bond donors (Lipinski definition) is 1. The highest BCUT2D eigenvalue weighted by Gasteiger charge is 2.13. The first-order chi connectivity index (χ1) is 17.2. The van der Waals surface area contributed by atoms with Crippen LogP contribution in [0.4, 0.5) is 0 Å². The molecular weight excluding hydrogens is 442 g/mol. The number of nitrogens with zero attached hydrogens (tertiary/aromatic N) is 2. The monoisotopic (exact) mass is 473 g/mol. The molecule has 35 heavy (non-hydrogen) atoms. The molecule has 0 fully saturated rings. The van der Waals surface area contributed by atoms with E-state index in [2.05, 4.69) is 16.0 Å². The zero-order chi connectivity index (χ0) is 24.5. The standard InChI is InChI=1S/C28H31N3O4/c1-33-21-13-15-22(16-14-21)35-20-8-7-19-31-25-11-5-4-10-24(25)30-27(31)17-18-29-28(32)23-9-3-6-12-26(23)34-2/h3-6,9-16H,7-8,17-20H2,1-2H3,(H,29,32). The first-order valence-corrected chi connectivity index (χ1v) is 11.8. The number of amides is 1. The molecule has 0 aliphatic rings. The van der Waals surface area contributed by atoms with Gasteiger partial charge in [0.15, 0.2) is 0 Å². The molecule has 1 amide bonds. The van der Waals surface area contributed by atoms with E-state index in [1.807, 2.05) is 54.6 Å². The Morgan fingerprint density at radius 1 is 0.886 bits per heavy atom. The van der Waals surface area contributed by atoms with Gasteiger partial charge in [0.25, 0.3) is 5.91 Å². The summed E-state index contributed by atoms with van der Waals surface area (Å²) in [5, 5.41) is 3.00. The van der Waals surface area contributed by atoms with Gasteiger partial charge in [-0.2, -0.15) is 0 Å². The maximum Gasteiger partial charge on any atom is 0.255 e. The number of rotatable bonds is 12. The lowest BCUT2D eigenvalue weighted by Gasteiger charge is -2.12. The SMILES string of the molecule is COc1ccc(OCCCCn2c(CCNC(=O)c3ccccc3OC)nc3ccccc32)cc1. The molecule has 1 aromatic heterocycles. The van der Waals surface area contributed by atoms with Crippen molar-refractivity contribution in [3.8, 4) is 17.2 Å². The third kappa shape index (κ3) is 6.12. The van der Waals surface area contributed by atoms with Crippen LogP contribution in [0.5, 0.6) is 17.2 Å². The van der Waals surface area contributed by atoms with Crippen LogP contribution in [0.2, 0.25) is 0 Å². The van der Waals surface area contributed by atoms with Gasteiger partial charge < -0.3 is 24.1 Å². The second kappa shape index (κ2) is 11.9. The number of carbonyl (C=O) groups is 1. The van der Waals surface area contributed by atoms with Crippen molar-refractivity contribution in [2.45, 2.75) is 25.8 Å². The molecule has 0 saturated heterocycles. The van der Waals surface area contributed by atoms with Gasteiger partial charge in [-0.25, -0.2) is 4.98 Å². The third-order valence-corrected chi connectivity index (χ3v) is 5.82. The number of aryl methyl sites for hydroxylation is 1. The lowest BCUT2D eigenvalue weighted by atomic mass is 10.2. The third-order valence-electron chi connectivity index (χ3n) is 5.82. The van der Waals surface area contributed by atoms with E-state index in [-0.39, 0.29) is 5.91 Å². The molecule has 0 unspecified atom stereocenters. The summed E-state index contributed by atoms with van der Waals surface area (Å²) in [5.41, 5.74) is 2.60. The summed E-state index contributed by atoms with van der Waals surface area (Å²) in [7, 11) is 3.22. The first kappa shape index (κ1) is 24.1. The Morgan fingerprint density at radius 2 is 1.63 bits per heavy atom. The van der Waals surface area contributed by atoms with E-state index in [1.165, 1.54) is 0 Å². The molecule has 4 aromatic rings. The van der Waals surface area contributed by atoms with Gasteiger partial charge in [-0.1, -0.05) is 24.3 Å². The molecule has 182 valence electrons. The lowest BCUT2D eigenvalue weighted by Crippen LogP contribution is -2.27. The van der Waals surface area contributed by atoms with Crippen LogP contribution in [0.15, 0.2) is 72.8 Å².